The number of carboxylic acids is 1. The zero-order valence-corrected chi connectivity index (χ0v) is 65.5. The molecule has 14 rings (SSSR count). The number of nitrogens with two attached hydrogens (primary N) is 1. The quantitative estimate of drug-likeness (QED) is 0.0160. The van der Waals surface area contributed by atoms with E-state index in [1.807, 2.05) is 84.9 Å². The van der Waals surface area contributed by atoms with Crippen molar-refractivity contribution in [1.29, 1.82) is 0 Å². The summed E-state index contributed by atoms with van der Waals surface area (Å²) in [4.78, 5) is 183. The van der Waals surface area contributed by atoms with Crippen LogP contribution in [0.4, 0.5) is 47.3 Å². The normalized spacial score (nSPS) is 14.5. The Bertz CT molecular complexity index is 5770. The van der Waals surface area contributed by atoms with Gasteiger partial charge >= 0.3 is 5.97 Å². The number of alkyl halides is 1. The van der Waals surface area contributed by atoms with Crippen LogP contribution in [0.2, 0.25) is 0 Å². The van der Waals surface area contributed by atoms with Gasteiger partial charge in [-0.1, -0.05) is 79.2 Å². The summed E-state index contributed by atoms with van der Waals surface area (Å²) in [6.07, 6.45) is 6.64. The second-order valence-corrected chi connectivity index (χ2v) is 27.9. The molecule has 8 aromatic carbocycles. The van der Waals surface area contributed by atoms with E-state index >= 15 is 4.39 Å². The second kappa shape index (κ2) is 40.3. The maximum atomic E-state index is 15.4. The fourth-order valence-corrected chi connectivity index (χ4v) is 14.0. The lowest BCUT2D eigenvalue weighted by atomic mass is 9.99. The van der Waals surface area contributed by atoms with Crippen molar-refractivity contribution in [3.8, 4) is 22.3 Å². The number of rotatable bonds is 28. The highest BCUT2D eigenvalue weighted by molar-refractivity contribution is 6.27. The third-order valence-corrected chi connectivity index (χ3v) is 20.0. The van der Waals surface area contributed by atoms with Crippen LogP contribution in [0, 0.1) is 11.6 Å². The van der Waals surface area contributed by atoms with Crippen molar-refractivity contribution >= 4 is 139 Å². The van der Waals surface area contributed by atoms with Crippen LogP contribution < -0.4 is 58.9 Å². The number of nitrogens with zero attached hydrogens (tertiary/aromatic N) is 4. The van der Waals surface area contributed by atoms with Gasteiger partial charge < -0.3 is 53.4 Å². The van der Waals surface area contributed by atoms with E-state index in [-0.39, 0.29) is 102 Å². The number of para-hydroxylation sites is 2. The summed E-state index contributed by atoms with van der Waals surface area (Å²) < 4.78 is 45.8. The van der Waals surface area contributed by atoms with Crippen molar-refractivity contribution in [3.63, 3.8) is 0 Å². The number of piperidine rings is 2. The van der Waals surface area contributed by atoms with Crippen molar-refractivity contribution in [1.82, 2.24) is 51.7 Å². The minimum atomic E-state index is -1.12. The Morgan fingerprint density at radius 3 is 1.31 bits per heavy atom. The van der Waals surface area contributed by atoms with Crippen LogP contribution in [0.3, 0.4) is 0 Å². The van der Waals surface area contributed by atoms with E-state index in [1.165, 1.54) is 68.0 Å². The molecule has 622 valence electrons. The number of amides is 12. The maximum Gasteiger partial charge on any atom is 0.322 e. The number of nitrogens with one attached hydrogen (secondary N) is 10. The molecule has 13 N–H and O–H groups in total. The summed E-state index contributed by atoms with van der Waals surface area (Å²) in [5, 5.41) is 37.4. The van der Waals surface area contributed by atoms with Gasteiger partial charge in [0.1, 0.15) is 30.3 Å². The van der Waals surface area contributed by atoms with Crippen LogP contribution in [0.1, 0.15) is 148 Å². The molecule has 121 heavy (non-hydrogen) atoms. The zero-order chi connectivity index (χ0) is 87.3. The highest BCUT2D eigenvalue weighted by Gasteiger charge is 2.47. The minimum absolute atomic E-state index is 0.00897. The monoisotopic (exact) mass is 1650 g/mol. The summed E-state index contributed by atoms with van der Waals surface area (Å²) >= 11 is 0. The Kier molecular flexibility index (Phi) is 28.5. The number of hydrogen-bond donors (Lipinski definition) is 12. The van der Waals surface area contributed by atoms with E-state index in [0.29, 0.717) is 99.0 Å². The minimum Gasteiger partial charge on any atom is -0.480 e. The molecule has 2 atom stereocenters. The number of pyridine rings is 2. The molecule has 2 aromatic heterocycles. The molecule has 33 heteroatoms. The average Bonchev–Trinajstić information content (AvgIpc) is 1.57. The summed E-state index contributed by atoms with van der Waals surface area (Å²) in [6.45, 7) is 0.746. The van der Waals surface area contributed by atoms with Crippen molar-refractivity contribution in [2.45, 2.75) is 76.3 Å². The largest absolute Gasteiger partial charge is 0.480 e. The average molecular weight is 1650 g/mol. The number of carbonyl (C=O) groups excluding carboxylic acids is 13. The fraction of sp³-hybridized carbons (Fsp3) is 0.227. The number of unbranched alkanes of at least 4 members (excludes halogenated alkanes) is 3. The number of anilines is 6. The number of aliphatic carboxylic acids is 1. The van der Waals surface area contributed by atoms with E-state index in [4.69, 9.17) is 12.2 Å². The molecule has 4 aliphatic heterocycles. The summed E-state index contributed by atoms with van der Waals surface area (Å²) in [6, 6.07) is 45.7. The summed E-state index contributed by atoms with van der Waals surface area (Å²) in [5.41, 5.74) is 13.5. The third kappa shape index (κ3) is 20.4. The van der Waals surface area contributed by atoms with Crippen LogP contribution >= 0.6 is 0 Å². The molecule has 30 nitrogen and oxygen atoms in total. The number of fused-ring (bicyclic) bond motifs is 4. The first-order valence-electron chi connectivity index (χ1n) is 39.1. The van der Waals surface area contributed by atoms with Gasteiger partial charge in [0.15, 0.2) is 5.78 Å². The van der Waals surface area contributed by atoms with Gasteiger partial charge in [-0.2, -0.15) is 0 Å². The Balaban J connectivity index is 0.000000194. The van der Waals surface area contributed by atoms with Crippen molar-refractivity contribution in [2.24, 2.45) is 5.73 Å². The van der Waals surface area contributed by atoms with Crippen LogP contribution in [0.5, 0.6) is 0 Å². The number of hydrogen-bond acceptors (Lipinski definition) is 21. The molecule has 0 bridgehead atoms. The lowest BCUT2D eigenvalue weighted by molar-refractivity contribution is -0.137. The highest BCUT2D eigenvalue weighted by atomic mass is 19.1. The van der Waals surface area contributed by atoms with E-state index in [1.54, 1.807) is 43.4 Å². The lowest BCUT2D eigenvalue weighted by Crippen LogP contribution is -2.54. The van der Waals surface area contributed by atoms with Crippen LogP contribution in [0.15, 0.2) is 182 Å². The van der Waals surface area contributed by atoms with Gasteiger partial charge in [-0.15, -0.1) is 0 Å². The summed E-state index contributed by atoms with van der Waals surface area (Å²) in [7, 11) is 2.10. The predicted octanol–water partition coefficient (Wildman–Crippen LogP) is 10.3. The van der Waals surface area contributed by atoms with Gasteiger partial charge in [0.2, 0.25) is 23.6 Å². The third-order valence-electron chi connectivity index (χ3n) is 20.0. The van der Waals surface area contributed by atoms with Crippen LogP contribution in [0.25, 0.3) is 44.1 Å². The molecule has 2 fully saturated rings. The molecule has 0 aliphatic carbocycles. The number of imide groups is 4. The Labute approximate surface area is 691 Å². The second-order valence-electron chi connectivity index (χ2n) is 27.9. The number of carboxylic acid groups (broad SMARTS) is 1. The van der Waals surface area contributed by atoms with Gasteiger partial charge in [0.05, 0.1) is 82.0 Å². The Morgan fingerprint density at radius 1 is 0.496 bits per heavy atom. The molecular formula is C88H84F3N15O15. The number of carbonyl (C=O) groups is 14. The molecule has 12 amide bonds. The molecule has 0 saturated carbocycles. The van der Waals surface area contributed by atoms with Crippen molar-refractivity contribution < 1.29 is 86.8 Å². The standard InChI is InChI=1S/C44H40FN7O7.C28H28FN5O2.C15H13N3O6.CH3F/c1-46-40(55)32-24-49-34-17-15-25(21-31(34)39(32)50-27-9-4-2-5-10-27)26-14-16-29(33(45)22-26)41(56)47-20-7-3-6-11-28(53)23-48-35-13-8-12-30-38(35)44(59)52(43(30)58)36-18-19-37(54)51-42(36)57;1-31-27(35)23-17-33-25-12-10-18(15-22(25)26(23)34-20-7-3-2-4-8-20)19-9-11-21(24(29)16-19)28(36)32-14-6-5-13-30;19-10-5-4-9(13(22)17-10)18-14(23)7-2-1-3-8(12(7)15(18)24)16-6-11(20)21;1-2/h2,4-5,8-10,12-17,21-22,24,36,48H,3,6-7,11,18-20,23H2,1H3,(H,46,55)(H,47,56)(H,49,50)(H,51,54,57);2-4,7-12,15-17H,5-6,13-14,30H2,1H3,(H,31,35)(H,32,36)(H,33,34);1-3,9,16H,4-6H2,(H,20,21)(H,17,19,22);1H3/i;;;1D. The van der Waals surface area contributed by atoms with Crippen LogP contribution in [-0.4, -0.2) is 174 Å². The topological polar surface area (TPSA) is 438 Å². The zero-order valence-electron chi connectivity index (χ0n) is 66.5. The number of Topliss-reactive ketones (excluding diaryl/α,β-unsaturated/α-hetero) is 1. The number of aromatic nitrogens is 2. The maximum absolute atomic E-state index is 15.4. The van der Waals surface area contributed by atoms with Crippen molar-refractivity contribution in [3.05, 3.63) is 238 Å². The van der Waals surface area contributed by atoms with Gasteiger partial charge in [-0.3, -0.25) is 102 Å². The SMILES string of the molecule is CNC(=O)c1cnc2ccc(-c3ccc(C(=O)NCCCCCC(=O)CNc4cccc5c4C(=O)N(C4CCC(=O)NC4=O)C5=O)c(F)c3)cc2c1Nc1ccccc1.CNC(=O)c1cnc2ccc(-c3ccc(C(=O)NCCCCN)c(F)c3)cc2c1Nc1ccccc1.O=C(O)CNc1cccc2c1C(=O)N(C1CCC(=O)NC1=O)C2=O.[2H]CF. The number of halogens is 3. The summed E-state index contributed by atoms with van der Waals surface area (Å²) in [5.74, 6) is -9.10. The predicted molar refractivity (Wildman–Crippen MR) is 445 cm³/mol. The van der Waals surface area contributed by atoms with Crippen LogP contribution in [-0.2, 0) is 28.8 Å². The van der Waals surface area contributed by atoms with Crippen molar-refractivity contribution in [2.75, 3.05) is 75.2 Å². The molecule has 2 saturated heterocycles. The number of ketones is 1. The lowest BCUT2D eigenvalue weighted by Gasteiger charge is -2.27. The fourth-order valence-electron chi connectivity index (χ4n) is 14.0. The van der Waals surface area contributed by atoms with Gasteiger partial charge in [-0.25, -0.2) is 8.78 Å². The molecule has 0 spiro atoms. The molecule has 4 aliphatic rings. The molecule has 0 radical (unpaired) electrons. The first-order valence-corrected chi connectivity index (χ1v) is 38.4. The van der Waals surface area contributed by atoms with E-state index in [9.17, 15) is 75.9 Å². The van der Waals surface area contributed by atoms with Gasteiger partial charge in [-0.05, 0) is 164 Å². The van der Waals surface area contributed by atoms with Gasteiger partial charge in [0, 0.05) is 92.4 Å². The van der Waals surface area contributed by atoms with E-state index in [0.717, 1.165) is 39.6 Å². The molecule has 6 heterocycles. The molecular weight excluding hydrogens is 1560 g/mol. The Morgan fingerprint density at radius 2 is 0.909 bits per heavy atom. The highest BCUT2D eigenvalue weighted by Crippen LogP contribution is 2.38. The number of benzene rings is 8. The molecule has 2 unspecified atom stereocenters. The van der Waals surface area contributed by atoms with E-state index in [2.05, 4.69) is 63.1 Å². The molecule has 10 aromatic rings. The first-order chi connectivity index (χ1) is 58.9. The van der Waals surface area contributed by atoms with Gasteiger partial charge in [0.25, 0.3) is 47.3 Å². The smallest absolute Gasteiger partial charge is 0.322 e. The Hall–Kier alpha value is -14.9. The first kappa shape index (κ1) is 85.5. The van der Waals surface area contributed by atoms with E-state index < -0.39 is 102 Å².